The van der Waals surface area contributed by atoms with Crippen molar-refractivity contribution >= 4 is 5.91 Å². The molecule has 2 heterocycles. The van der Waals surface area contributed by atoms with Crippen LogP contribution in [0.2, 0.25) is 0 Å². The average molecular weight is 289 g/mol. The van der Waals surface area contributed by atoms with Gasteiger partial charge in [-0.15, -0.1) is 0 Å². The summed E-state index contributed by atoms with van der Waals surface area (Å²) in [5.74, 6) is 0.124. The molecule has 1 aliphatic carbocycles. The molecule has 1 aliphatic heterocycles. The van der Waals surface area contributed by atoms with E-state index in [2.05, 4.69) is 11.1 Å². The van der Waals surface area contributed by atoms with E-state index >= 15 is 0 Å². The topological polar surface area (TPSA) is 58.4 Å². The van der Waals surface area contributed by atoms with Gasteiger partial charge in [0.15, 0.2) is 0 Å². The molecule has 1 aromatic rings. The highest BCUT2D eigenvalue weighted by molar-refractivity contribution is 5.79. The van der Waals surface area contributed by atoms with Crippen LogP contribution in [0.1, 0.15) is 43.5 Å². The minimum absolute atomic E-state index is 0.00933. The molecule has 0 radical (unpaired) electrons. The van der Waals surface area contributed by atoms with Crippen LogP contribution in [0.15, 0.2) is 18.0 Å². The van der Waals surface area contributed by atoms with Gasteiger partial charge in [-0.2, -0.15) is 0 Å². The van der Waals surface area contributed by atoms with Gasteiger partial charge in [-0.3, -0.25) is 4.79 Å². The highest BCUT2D eigenvalue weighted by atomic mass is 16.3. The second-order valence-electron chi connectivity index (χ2n) is 6.10. The van der Waals surface area contributed by atoms with E-state index in [1.807, 2.05) is 16.5 Å². The van der Waals surface area contributed by atoms with Gasteiger partial charge in [0.1, 0.15) is 0 Å². The van der Waals surface area contributed by atoms with E-state index < -0.39 is 0 Å². The van der Waals surface area contributed by atoms with Gasteiger partial charge in [-0.1, -0.05) is 11.6 Å². The number of carbonyl (C=O) groups is 1. The van der Waals surface area contributed by atoms with Crippen molar-refractivity contribution in [2.75, 3.05) is 6.61 Å². The molecule has 5 heteroatoms. The van der Waals surface area contributed by atoms with Gasteiger partial charge < -0.3 is 14.6 Å². The van der Waals surface area contributed by atoms with Gasteiger partial charge in [0.25, 0.3) is 0 Å². The van der Waals surface area contributed by atoms with Crippen molar-refractivity contribution in [2.45, 2.75) is 51.1 Å². The lowest BCUT2D eigenvalue weighted by atomic mass is 9.95. The molecule has 0 saturated carbocycles. The highest BCUT2D eigenvalue weighted by Crippen LogP contribution is 2.26. The lowest BCUT2D eigenvalue weighted by Gasteiger charge is -2.35. The minimum atomic E-state index is -0.121. The number of aliphatic hydroxyl groups is 1. The maximum absolute atomic E-state index is 12.6. The van der Waals surface area contributed by atoms with Crippen molar-refractivity contribution in [1.29, 1.82) is 0 Å². The van der Waals surface area contributed by atoms with Crippen LogP contribution in [0.5, 0.6) is 0 Å². The summed E-state index contributed by atoms with van der Waals surface area (Å²) in [6, 6.07) is -0.121. The SMILES string of the molecule is Cn1cnc2c1C[C@H](CO)N(C(=O)CC1=CCCCC1)C2. The molecule has 1 amide bonds. The number of carbonyl (C=O) groups excluding carboxylic acids is 1. The Morgan fingerprint density at radius 1 is 1.48 bits per heavy atom. The Labute approximate surface area is 125 Å². The molecule has 0 bridgehead atoms. The fourth-order valence-electron chi connectivity index (χ4n) is 3.34. The first-order chi connectivity index (χ1) is 10.2. The van der Waals surface area contributed by atoms with E-state index in [1.54, 1.807) is 6.33 Å². The first kappa shape index (κ1) is 14.3. The summed E-state index contributed by atoms with van der Waals surface area (Å²) in [6.45, 7) is 0.531. The first-order valence-electron chi connectivity index (χ1n) is 7.76. The summed E-state index contributed by atoms with van der Waals surface area (Å²) in [7, 11) is 1.96. The molecule has 0 unspecified atom stereocenters. The monoisotopic (exact) mass is 289 g/mol. The molecule has 1 N–H and O–H groups in total. The van der Waals surface area contributed by atoms with Crippen molar-refractivity contribution in [3.05, 3.63) is 29.4 Å². The summed E-state index contributed by atoms with van der Waals surface area (Å²) in [4.78, 5) is 18.8. The number of allylic oxidation sites excluding steroid dienone is 1. The fourth-order valence-corrected chi connectivity index (χ4v) is 3.34. The number of rotatable bonds is 3. The number of aromatic nitrogens is 2. The third-order valence-corrected chi connectivity index (χ3v) is 4.63. The Hall–Kier alpha value is -1.62. The van der Waals surface area contributed by atoms with Crippen LogP contribution in [0.4, 0.5) is 0 Å². The summed E-state index contributed by atoms with van der Waals surface area (Å²) in [5, 5.41) is 9.63. The molecule has 1 aromatic heterocycles. The first-order valence-corrected chi connectivity index (χ1v) is 7.76. The second kappa shape index (κ2) is 6.02. The fraction of sp³-hybridized carbons (Fsp3) is 0.625. The molecule has 0 fully saturated rings. The molecule has 0 saturated heterocycles. The molecule has 3 rings (SSSR count). The summed E-state index contributed by atoms with van der Waals surface area (Å²) >= 11 is 0. The molecule has 0 aromatic carbocycles. The number of fused-ring (bicyclic) bond motifs is 1. The van der Waals surface area contributed by atoms with E-state index in [4.69, 9.17) is 0 Å². The molecule has 0 spiro atoms. The maximum atomic E-state index is 12.6. The maximum Gasteiger partial charge on any atom is 0.227 e. The quantitative estimate of drug-likeness (QED) is 0.859. The lowest BCUT2D eigenvalue weighted by molar-refractivity contribution is -0.135. The standard InChI is InChI=1S/C16H23N3O2/c1-18-11-17-14-9-19(13(10-20)8-15(14)18)16(21)7-12-5-3-2-4-6-12/h5,11,13,20H,2-4,6-10H2,1H3/t13-/m1/s1. The van der Waals surface area contributed by atoms with Gasteiger partial charge in [0, 0.05) is 25.6 Å². The van der Waals surface area contributed by atoms with Gasteiger partial charge in [-0.25, -0.2) is 4.98 Å². The normalized spacial score (nSPS) is 21.9. The Morgan fingerprint density at radius 2 is 2.33 bits per heavy atom. The van der Waals surface area contributed by atoms with Crippen LogP contribution in [-0.4, -0.2) is 38.1 Å². The zero-order valence-electron chi connectivity index (χ0n) is 12.6. The molecular formula is C16H23N3O2. The zero-order chi connectivity index (χ0) is 14.8. The van der Waals surface area contributed by atoms with Gasteiger partial charge in [0.2, 0.25) is 5.91 Å². The number of hydrogen-bond acceptors (Lipinski definition) is 3. The van der Waals surface area contributed by atoms with E-state index in [-0.39, 0.29) is 18.6 Å². The van der Waals surface area contributed by atoms with E-state index in [9.17, 15) is 9.90 Å². The summed E-state index contributed by atoms with van der Waals surface area (Å²) in [6.07, 6.45) is 9.74. The van der Waals surface area contributed by atoms with Crippen molar-refractivity contribution in [3.8, 4) is 0 Å². The summed E-state index contributed by atoms with van der Waals surface area (Å²) < 4.78 is 1.99. The minimum Gasteiger partial charge on any atom is -0.394 e. The Balaban J connectivity index is 1.74. The van der Waals surface area contributed by atoms with Crippen LogP contribution < -0.4 is 0 Å². The van der Waals surface area contributed by atoms with Gasteiger partial charge in [-0.05, 0) is 25.7 Å². The third-order valence-electron chi connectivity index (χ3n) is 4.63. The third kappa shape index (κ3) is 2.88. The molecule has 2 aliphatic rings. The molecule has 5 nitrogen and oxygen atoms in total. The van der Waals surface area contributed by atoms with Crippen LogP contribution in [0.3, 0.4) is 0 Å². The van der Waals surface area contributed by atoms with E-state index in [1.165, 1.54) is 18.4 Å². The van der Waals surface area contributed by atoms with E-state index in [0.717, 1.165) is 24.2 Å². The van der Waals surface area contributed by atoms with Crippen LogP contribution in [0, 0.1) is 0 Å². The van der Waals surface area contributed by atoms with Crippen molar-refractivity contribution < 1.29 is 9.90 Å². The molecule has 21 heavy (non-hydrogen) atoms. The average Bonchev–Trinajstić information content (AvgIpc) is 2.87. The summed E-state index contributed by atoms with van der Waals surface area (Å²) in [5.41, 5.74) is 3.36. The number of aliphatic hydroxyl groups excluding tert-OH is 1. The predicted octanol–water partition coefficient (Wildman–Crippen LogP) is 1.56. The number of aryl methyl sites for hydroxylation is 1. The zero-order valence-corrected chi connectivity index (χ0v) is 12.6. The largest absolute Gasteiger partial charge is 0.394 e. The Bertz CT molecular complexity index is 562. The van der Waals surface area contributed by atoms with E-state index in [0.29, 0.717) is 19.4 Å². The van der Waals surface area contributed by atoms with Gasteiger partial charge in [0.05, 0.1) is 31.2 Å². The molecule has 114 valence electrons. The Morgan fingerprint density at radius 3 is 3.05 bits per heavy atom. The number of nitrogens with zero attached hydrogens (tertiary/aromatic N) is 3. The van der Waals surface area contributed by atoms with Crippen LogP contribution >= 0.6 is 0 Å². The number of amides is 1. The molecule has 1 atom stereocenters. The van der Waals surface area contributed by atoms with Crippen molar-refractivity contribution in [1.82, 2.24) is 14.5 Å². The predicted molar refractivity (Wildman–Crippen MR) is 79.5 cm³/mol. The molecular weight excluding hydrogens is 266 g/mol. The van der Waals surface area contributed by atoms with Crippen LogP contribution in [-0.2, 0) is 24.8 Å². The highest BCUT2D eigenvalue weighted by Gasteiger charge is 2.31. The number of imidazole rings is 1. The van der Waals surface area contributed by atoms with Crippen molar-refractivity contribution in [3.63, 3.8) is 0 Å². The Kier molecular flexibility index (Phi) is 4.10. The number of hydrogen-bond donors (Lipinski definition) is 1. The lowest BCUT2D eigenvalue weighted by Crippen LogP contribution is -2.46. The smallest absolute Gasteiger partial charge is 0.227 e. The van der Waals surface area contributed by atoms with Gasteiger partial charge >= 0.3 is 0 Å². The van der Waals surface area contributed by atoms with Crippen LogP contribution in [0.25, 0.3) is 0 Å². The van der Waals surface area contributed by atoms with Crippen molar-refractivity contribution in [2.24, 2.45) is 7.05 Å². The second-order valence-corrected chi connectivity index (χ2v) is 6.10.